The standard InChI is InChI=1S/C38H62BN7O6/c1-10-31-38(6)34(46(36(49)52-38)18-12-11-17-45-23-30(42-43-45)27-14-13-15-28(40)20-27)29(16-19-44(7)8)41-22-24(2)21-37(5,50-9)33(39)25(3)32(47)26(4)35(48)51-31/h13-15,20,23-26,29,31,33-34,41H,10-12,16-19,21-22,39-40H2,1-9H3/t24-,25+,26-,29-,31-,33-,34-,37-,38-/m1/s1. The lowest BCUT2D eigenvalue weighted by Crippen LogP contribution is -2.62. The second kappa shape index (κ2) is 17.6. The average molecular weight is 724 g/mol. The van der Waals surface area contributed by atoms with Gasteiger partial charge >= 0.3 is 12.1 Å². The minimum Gasteiger partial charge on any atom is -0.458 e. The number of hydrogen-bond acceptors (Lipinski definition) is 11. The summed E-state index contributed by atoms with van der Waals surface area (Å²) in [7, 11) is 7.79. The zero-order valence-corrected chi connectivity index (χ0v) is 33.1. The maximum atomic E-state index is 13.9. The molecule has 3 heterocycles. The van der Waals surface area contributed by atoms with Gasteiger partial charge in [0.2, 0.25) is 0 Å². The number of aromatic nitrogens is 3. The number of amides is 1. The summed E-state index contributed by atoms with van der Waals surface area (Å²) in [6.45, 7) is 14.0. The number of carbonyl (C=O) groups is 3. The third kappa shape index (κ3) is 9.35. The Bertz CT molecular complexity index is 1520. The van der Waals surface area contributed by atoms with Crippen molar-refractivity contribution in [2.75, 3.05) is 46.6 Å². The lowest BCUT2D eigenvalue weighted by Gasteiger charge is -2.42. The molecule has 0 saturated carbocycles. The molecule has 1 aromatic heterocycles. The molecular weight excluding hydrogens is 661 g/mol. The molecule has 2 aromatic rings. The van der Waals surface area contributed by atoms with Gasteiger partial charge in [0.05, 0.1) is 17.8 Å². The van der Waals surface area contributed by atoms with Gasteiger partial charge in [-0.15, -0.1) is 5.10 Å². The van der Waals surface area contributed by atoms with E-state index in [9.17, 15) is 14.4 Å². The number of unbranched alkanes of at least 4 members (excludes halogenated alkanes) is 1. The summed E-state index contributed by atoms with van der Waals surface area (Å²) in [6.07, 6.45) is 3.98. The molecule has 1 amide bonds. The summed E-state index contributed by atoms with van der Waals surface area (Å²) in [6, 6.07) is 6.92. The molecule has 14 heteroatoms. The number of rotatable bonds is 11. The third-order valence-electron chi connectivity index (χ3n) is 11.6. The second-order valence-corrected chi connectivity index (χ2v) is 15.9. The van der Waals surface area contributed by atoms with E-state index in [1.165, 1.54) is 0 Å². The van der Waals surface area contributed by atoms with Gasteiger partial charge in [-0.3, -0.25) is 19.2 Å². The van der Waals surface area contributed by atoms with Crippen molar-refractivity contribution in [3.63, 3.8) is 0 Å². The number of hydrogen-bond donors (Lipinski definition) is 2. The molecule has 2 aliphatic rings. The topological polar surface area (TPSA) is 154 Å². The zero-order chi connectivity index (χ0) is 38.4. The fraction of sp³-hybridized carbons (Fsp3) is 0.711. The van der Waals surface area contributed by atoms with Crippen molar-refractivity contribution in [3.8, 4) is 11.3 Å². The number of aryl methyl sites for hydroxylation is 1. The van der Waals surface area contributed by atoms with Crippen molar-refractivity contribution in [3.05, 3.63) is 30.5 Å². The van der Waals surface area contributed by atoms with E-state index in [1.807, 2.05) is 82.8 Å². The van der Waals surface area contributed by atoms with Crippen molar-refractivity contribution in [2.45, 2.75) is 115 Å². The molecule has 9 atom stereocenters. The van der Waals surface area contributed by atoms with Gasteiger partial charge in [0.25, 0.3) is 0 Å². The van der Waals surface area contributed by atoms with Crippen molar-refractivity contribution >= 4 is 31.4 Å². The van der Waals surface area contributed by atoms with Crippen molar-refractivity contribution < 1.29 is 28.6 Å². The summed E-state index contributed by atoms with van der Waals surface area (Å²) in [5.41, 5.74) is 6.51. The number of nitrogens with zero attached hydrogens (tertiary/aromatic N) is 5. The molecule has 2 saturated heterocycles. The fourth-order valence-electron chi connectivity index (χ4n) is 8.10. The number of nitrogen functional groups attached to an aromatic ring is 1. The van der Waals surface area contributed by atoms with Crippen LogP contribution in [-0.4, -0.2) is 121 Å². The minimum absolute atomic E-state index is 0.145. The highest BCUT2D eigenvalue weighted by atomic mass is 16.6. The molecule has 0 spiro atoms. The first kappa shape index (κ1) is 41.3. The Balaban J connectivity index is 1.63. The van der Waals surface area contributed by atoms with E-state index in [1.54, 1.807) is 14.0 Å². The summed E-state index contributed by atoms with van der Waals surface area (Å²) in [5, 5.41) is 12.5. The molecule has 0 bridgehead atoms. The van der Waals surface area contributed by atoms with Gasteiger partial charge in [-0.1, -0.05) is 38.1 Å². The fourth-order valence-corrected chi connectivity index (χ4v) is 8.10. The second-order valence-electron chi connectivity index (χ2n) is 15.9. The van der Waals surface area contributed by atoms with Crippen molar-refractivity contribution in [2.24, 2.45) is 17.8 Å². The van der Waals surface area contributed by atoms with Crippen molar-refractivity contribution in [1.29, 1.82) is 0 Å². The van der Waals surface area contributed by atoms with Crippen LogP contribution in [0, 0.1) is 17.8 Å². The summed E-state index contributed by atoms with van der Waals surface area (Å²) in [4.78, 5) is 45.4. The van der Waals surface area contributed by atoms with Gasteiger partial charge < -0.3 is 30.2 Å². The Labute approximate surface area is 311 Å². The summed E-state index contributed by atoms with van der Waals surface area (Å²) in [5.74, 6) is -2.17. The van der Waals surface area contributed by atoms with Crippen LogP contribution in [0.4, 0.5) is 10.5 Å². The number of benzene rings is 1. The number of methoxy groups -OCH3 is 1. The van der Waals surface area contributed by atoms with Crippen LogP contribution in [0.2, 0.25) is 5.82 Å². The van der Waals surface area contributed by atoms with Gasteiger partial charge in [0, 0.05) is 43.4 Å². The molecule has 3 N–H and O–H groups in total. The molecular formula is C38H62BN7O6. The SMILES string of the molecule is B[C@@H]1[C@@H](C)C(=O)[C@@H](C)C(=O)O[C@H](CC)[C@@]2(C)OC(=O)N(CCCCn3cc(-c4cccc(N)c4)nn3)[C@@H]2[C@@H](CCN(C)C)NC[C@H](C)C[C@@]1(C)OC. The first-order valence-electron chi connectivity index (χ1n) is 19.0. The van der Waals surface area contributed by atoms with E-state index in [-0.39, 0.29) is 23.6 Å². The highest BCUT2D eigenvalue weighted by Gasteiger charge is 2.59. The Hall–Kier alpha value is -3.49. The van der Waals surface area contributed by atoms with Crippen LogP contribution in [0.25, 0.3) is 11.3 Å². The van der Waals surface area contributed by atoms with Crippen LogP contribution >= 0.6 is 0 Å². The van der Waals surface area contributed by atoms with E-state index in [4.69, 9.17) is 19.9 Å². The highest BCUT2D eigenvalue weighted by molar-refractivity contribution is 6.15. The van der Waals surface area contributed by atoms with Gasteiger partial charge in [-0.25, -0.2) is 4.79 Å². The van der Waals surface area contributed by atoms with Crippen molar-refractivity contribution in [1.82, 2.24) is 30.1 Å². The molecule has 52 heavy (non-hydrogen) atoms. The third-order valence-corrected chi connectivity index (χ3v) is 11.6. The Morgan fingerprint density at radius 2 is 1.85 bits per heavy atom. The summed E-state index contributed by atoms with van der Waals surface area (Å²) < 4.78 is 20.4. The molecule has 1 aromatic carbocycles. The van der Waals surface area contributed by atoms with Crippen LogP contribution in [0.15, 0.2) is 30.5 Å². The van der Waals surface area contributed by atoms with Crippen LogP contribution < -0.4 is 11.1 Å². The van der Waals surface area contributed by atoms with E-state index < -0.39 is 47.2 Å². The number of ether oxygens (including phenoxy) is 3. The smallest absolute Gasteiger partial charge is 0.410 e. The minimum atomic E-state index is -1.17. The number of ketones is 1. The predicted octanol–water partition coefficient (Wildman–Crippen LogP) is 3.83. The number of nitrogens with one attached hydrogen (secondary N) is 1. The molecule has 13 nitrogen and oxygen atoms in total. The quantitative estimate of drug-likeness (QED) is 0.114. The van der Waals surface area contributed by atoms with Gasteiger partial charge in [-0.2, -0.15) is 0 Å². The Morgan fingerprint density at radius 1 is 1.13 bits per heavy atom. The number of fused-ring (bicyclic) bond motifs is 1. The average Bonchev–Trinajstić information content (AvgIpc) is 3.68. The van der Waals surface area contributed by atoms with Crippen LogP contribution in [0.3, 0.4) is 0 Å². The number of nitrogens with two attached hydrogens (primary N) is 1. The largest absolute Gasteiger partial charge is 0.458 e. The summed E-state index contributed by atoms with van der Waals surface area (Å²) >= 11 is 0. The maximum absolute atomic E-state index is 13.9. The van der Waals surface area contributed by atoms with Crippen LogP contribution in [0.5, 0.6) is 0 Å². The lowest BCUT2D eigenvalue weighted by atomic mass is 9.62. The van der Waals surface area contributed by atoms with Crippen LogP contribution in [-0.2, 0) is 30.3 Å². The normalized spacial score (nSPS) is 32.2. The molecule has 0 radical (unpaired) electrons. The van der Waals surface area contributed by atoms with Gasteiger partial charge in [0.1, 0.15) is 31.3 Å². The van der Waals surface area contributed by atoms with E-state index in [0.717, 1.165) is 30.6 Å². The highest BCUT2D eigenvalue weighted by Crippen LogP contribution is 2.41. The molecule has 4 rings (SSSR count). The number of carbonyl (C=O) groups excluding carboxylic acids is 3. The molecule has 0 aliphatic carbocycles. The Morgan fingerprint density at radius 3 is 2.50 bits per heavy atom. The Kier molecular flexibility index (Phi) is 13.9. The monoisotopic (exact) mass is 723 g/mol. The molecule has 288 valence electrons. The lowest BCUT2D eigenvalue weighted by molar-refractivity contribution is -0.170. The molecule has 0 unspecified atom stereocenters. The van der Waals surface area contributed by atoms with Gasteiger partial charge in [0.15, 0.2) is 5.60 Å². The maximum Gasteiger partial charge on any atom is 0.410 e. The number of cyclic esters (lactones) is 1. The first-order chi connectivity index (χ1) is 24.5. The first-order valence-corrected chi connectivity index (χ1v) is 19.0. The molecule has 2 fully saturated rings. The number of Topliss-reactive ketones (excluding diaryl/α,β-unsaturated/α-hetero) is 1. The van der Waals surface area contributed by atoms with E-state index in [2.05, 4.69) is 34.4 Å². The number of esters is 1. The van der Waals surface area contributed by atoms with E-state index >= 15 is 0 Å². The molecule has 2 aliphatic heterocycles. The zero-order valence-electron chi connectivity index (χ0n) is 33.1. The number of anilines is 1. The van der Waals surface area contributed by atoms with E-state index in [0.29, 0.717) is 44.6 Å². The predicted molar refractivity (Wildman–Crippen MR) is 204 cm³/mol. The van der Waals surface area contributed by atoms with Crippen LogP contribution in [0.1, 0.15) is 73.6 Å². The van der Waals surface area contributed by atoms with Gasteiger partial charge in [-0.05, 0) is 104 Å².